The van der Waals surface area contributed by atoms with Crippen LogP contribution in [-0.4, -0.2) is 14.7 Å². The van der Waals surface area contributed by atoms with Gasteiger partial charge in [0.2, 0.25) is 0 Å². The van der Waals surface area contributed by atoms with Crippen LogP contribution in [0.1, 0.15) is 38.9 Å². The molecule has 5 aromatic rings. The molecule has 0 spiro atoms. The van der Waals surface area contributed by atoms with Crippen molar-refractivity contribution < 1.29 is 4.74 Å². The Labute approximate surface area is 252 Å². The Bertz CT molecular complexity index is 1730. The highest BCUT2D eigenvalue weighted by atomic mass is 28.3. The van der Waals surface area contributed by atoms with Crippen LogP contribution in [0.2, 0.25) is 13.1 Å². The molecule has 0 saturated heterocycles. The van der Waals surface area contributed by atoms with Crippen LogP contribution in [0.25, 0.3) is 33.4 Å². The van der Waals surface area contributed by atoms with Gasteiger partial charge in [0.15, 0.2) is 0 Å². The molecule has 2 heteroatoms. The molecule has 6 rings (SSSR count). The third kappa shape index (κ3) is 4.95. The normalized spacial score (nSPS) is 12.6. The molecule has 5 aromatic carbocycles. The summed E-state index contributed by atoms with van der Waals surface area (Å²) in [6.45, 7) is 18.2. The van der Waals surface area contributed by atoms with Crippen molar-refractivity contribution in [3.63, 3.8) is 0 Å². The van der Waals surface area contributed by atoms with Crippen LogP contribution in [0.3, 0.4) is 0 Å². The van der Waals surface area contributed by atoms with Crippen molar-refractivity contribution in [3.05, 3.63) is 143 Å². The lowest BCUT2D eigenvalue weighted by molar-refractivity contribution is 0.363. The minimum absolute atomic E-state index is 0.282. The first-order chi connectivity index (χ1) is 20.2. The van der Waals surface area contributed by atoms with Crippen molar-refractivity contribution in [1.29, 1.82) is 0 Å². The number of ether oxygens (including phenoxy) is 1. The van der Waals surface area contributed by atoms with E-state index in [1.165, 1.54) is 71.9 Å². The van der Waals surface area contributed by atoms with E-state index in [-0.39, 0.29) is 5.54 Å². The Morgan fingerprint density at radius 3 is 1.67 bits per heavy atom. The molecule has 0 aromatic heterocycles. The Kier molecular flexibility index (Phi) is 7.28. The van der Waals surface area contributed by atoms with E-state index in [1.54, 1.807) is 0 Å². The third-order valence-electron chi connectivity index (χ3n) is 8.90. The van der Waals surface area contributed by atoms with E-state index in [1.807, 2.05) is 6.08 Å². The van der Waals surface area contributed by atoms with Crippen LogP contribution in [-0.2, 0) is 0 Å². The summed E-state index contributed by atoms with van der Waals surface area (Å²) in [4.78, 5) is 0. The van der Waals surface area contributed by atoms with Gasteiger partial charge in [-0.3, -0.25) is 0 Å². The molecule has 1 aliphatic carbocycles. The summed E-state index contributed by atoms with van der Waals surface area (Å²) in [5, 5.41) is 1.38. The molecule has 0 amide bonds. The summed E-state index contributed by atoms with van der Waals surface area (Å²) < 4.78 is 6.42. The molecule has 0 atom stereocenters. The predicted molar refractivity (Wildman–Crippen MR) is 183 cm³/mol. The molecular weight excluding hydrogens is 525 g/mol. The van der Waals surface area contributed by atoms with Crippen LogP contribution in [0.5, 0.6) is 5.75 Å². The van der Waals surface area contributed by atoms with Crippen LogP contribution >= 0.6 is 0 Å². The standard InChI is InChI=1S/C40H40OSi/c1-8-19-41-39-29(5)20-28(4)23-38(39)42(6,7)40-36-24-32(30-13-9-11-26(2)21-30)15-17-34(36)35-18-16-33(25-37(35)40)31-14-10-12-27(3)22-31/h8-18,20-25,40H,1,19H2,2-7H3. The molecule has 1 nitrogen and oxygen atoms in total. The molecule has 0 saturated carbocycles. The molecule has 0 fully saturated rings. The van der Waals surface area contributed by atoms with Gasteiger partial charge >= 0.3 is 0 Å². The largest absolute Gasteiger partial charge is 0.489 e. The van der Waals surface area contributed by atoms with Gasteiger partial charge < -0.3 is 4.74 Å². The van der Waals surface area contributed by atoms with Crippen molar-refractivity contribution in [2.45, 2.75) is 46.3 Å². The van der Waals surface area contributed by atoms with Gasteiger partial charge in [-0.15, -0.1) is 0 Å². The number of hydrogen-bond acceptors (Lipinski definition) is 1. The maximum absolute atomic E-state index is 6.42. The minimum atomic E-state index is -2.24. The van der Waals surface area contributed by atoms with Gasteiger partial charge in [-0.05, 0) is 83.0 Å². The lowest BCUT2D eigenvalue weighted by atomic mass is 9.97. The zero-order valence-electron chi connectivity index (χ0n) is 25.7. The quantitative estimate of drug-likeness (QED) is 0.141. The Balaban J connectivity index is 1.59. The van der Waals surface area contributed by atoms with Crippen LogP contribution in [0.4, 0.5) is 0 Å². The first-order valence-corrected chi connectivity index (χ1v) is 18.0. The van der Waals surface area contributed by atoms with Crippen molar-refractivity contribution in [3.8, 4) is 39.1 Å². The van der Waals surface area contributed by atoms with Crippen molar-refractivity contribution in [2.75, 3.05) is 6.61 Å². The summed E-state index contributed by atoms with van der Waals surface area (Å²) in [5.41, 5.74) is 16.0. The van der Waals surface area contributed by atoms with Gasteiger partial charge in [0.1, 0.15) is 12.4 Å². The predicted octanol–water partition coefficient (Wildman–Crippen LogP) is 10.1. The van der Waals surface area contributed by atoms with Crippen molar-refractivity contribution >= 4 is 13.3 Å². The van der Waals surface area contributed by atoms with E-state index in [4.69, 9.17) is 4.74 Å². The number of aryl methyl sites for hydroxylation is 4. The highest BCUT2D eigenvalue weighted by Crippen LogP contribution is 2.51. The Hall–Kier alpha value is -4.14. The molecule has 42 heavy (non-hydrogen) atoms. The highest BCUT2D eigenvalue weighted by Gasteiger charge is 2.44. The first kappa shape index (κ1) is 28.0. The fourth-order valence-corrected chi connectivity index (χ4v) is 10.8. The average molecular weight is 565 g/mol. The summed E-state index contributed by atoms with van der Waals surface area (Å²) in [5.74, 6) is 1.04. The zero-order valence-corrected chi connectivity index (χ0v) is 26.7. The molecule has 1 aliphatic rings. The molecule has 210 valence electrons. The maximum Gasteiger partial charge on any atom is 0.121 e. The highest BCUT2D eigenvalue weighted by molar-refractivity contribution is 6.92. The molecule has 0 radical (unpaired) electrons. The second kappa shape index (κ2) is 10.9. The summed E-state index contributed by atoms with van der Waals surface area (Å²) in [7, 11) is -2.24. The lowest BCUT2D eigenvalue weighted by Gasteiger charge is -2.34. The molecule has 0 aliphatic heterocycles. The van der Waals surface area contributed by atoms with Crippen molar-refractivity contribution in [1.82, 2.24) is 0 Å². The summed E-state index contributed by atoms with van der Waals surface area (Å²) in [6, 6.07) is 36.6. The number of rotatable bonds is 7. The van der Waals surface area contributed by atoms with E-state index >= 15 is 0 Å². The third-order valence-corrected chi connectivity index (χ3v) is 12.7. The van der Waals surface area contributed by atoms with E-state index in [0.717, 1.165) is 5.75 Å². The second-order valence-corrected chi connectivity index (χ2v) is 17.1. The SMILES string of the molecule is C=CCOc1c(C)cc(C)cc1[Si](C)(C)C1c2cc(-c3cccc(C)c3)ccc2-c2ccc(-c3cccc(C)c3)cc21. The van der Waals surface area contributed by atoms with Gasteiger partial charge in [0.05, 0.1) is 8.07 Å². The molecular formula is C40H40OSi. The molecule has 0 heterocycles. The van der Waals surface area contributed by atoms with Crippen molar-refractivity contribution in [2.24, 2.45) is 0 Å². The summed E-state index contributed by atoms with van der Waals surface area (Å²) >= 11 is 0. The van der Waals surface area contributed by atoms with E-state index in [2.05, 4.69) is 144 Å². The topological polar surface area (TPSA) is 9.23 Å². The average Bonchev–Trinajstić information content (AvgIpc) is 3.30. The molecule has 0 bridgehead atoms. The minimum Gasteiger partial charge on any atom is -0.489 e. The number of benzene rings is 5. The molecule has 0 N–H and O–H groups in total. The van der Waals surface area contributed by atoms with Gasteiger partial charge in [-0.1, -0.05) is 140 Å². The Morgan fingerprint density at radius 2 is 1.17 bits per heavy atom. The van der Waals surface area contributed by atoms with Gasteiger partial charge in [0, 0.05) is 5.54 Å². The smallest absolute Gasteiger partial charge is 0.121 e. The van der Waals surface area contributed by atoms with Crippen LogP contribution in [0, 0.1) is 27.7 Å². The fraction of sp³-hybridized carbons (Fsp3) is 0.200. The Morgan fingerprint density at radius 1 is 0.643 bits per heavy atom. The summed E-state index contributed by atoms with van der Waals surface area (Å²) in [6.07, 6.45) is 1.85. The van der Waals surface area contributed by atoms with Gasteiger partial charge in [-0.2, -0.15) is 0 Å². The lowest BCUT2D eigenvalue weighted by Crippen LogP contribution is -2.48. The number of fused-ring (bicyclic) bond motifs is 3. The van der Waals surface area contributed by atoms with E-state index < -0.39 is 8.07 Å². The second-order valence-electron chi connectivity index (χ2n) is 12.6. The van der Waals surface area contributed by atoms with E-state index in [9.17, 15) is 0 Å². The molecule has 0 unspecified atom stereocenters. The fourth-order valence-electron chi connectivity index (χ4n) is 6.97. The van der Waals surface area contributed by atoms with Crippen LogP contribution in [0.15, 0.2) is 110 Å². The number of hydrogen-bond donors (Lipinski definition) is 0. The van der Waals surface area contributed by atoms with E-state index in [0.29, 0.717) is 6.61 Å². The van der Waals surface area contributed by atoms with Gasteiger partial charge in [0.25, 0.3) is 0 Å². The monoisotopic (exact) mass is 564 g/mol. The first-order valence-electron chi connectivity index (χ1n) is 14.9. The maximum atomic E-state index is 6.42. The zero-order chi connectivity index (χ0) is 29.6. The van der Waals surface area contributed by atoms with Crippen LogP contribution < -0.4 is 9.92 Å². The van der Waals surface area contributed by atoms with Gasteiger partial charge in [-0.25, -0.2) is 0 Å².